The van der Waals surface area contributed by atoms with Crippen molar-refractivity contribution >= 4 is 33.2 Å². The summed E-state index contributed by atoms with van der Waals surface area (Å²) in [6.45, 7) is 3.01. The zero-order chi connectivity index (χ0) is 14.0. The number of alkyl halides is 1. The Kier molecular flexibility index (Phi) is 4.77. The molecular weight excluding hydrogens is 305 g/mol. The van der Waals surface area contributed by atoms with Crippen LogP contribution < -0.4 is 0 Å². The molecule has 106 valence electrons. The van der Waals surface area contributed by atoms with Gasteiger partial charge in [0.05, 0.1) is 4.90 Å². The van der Waals surface area contributed by atoms with Crippen molar-refractivity contribution in [2.75, 3.05) is 13.1 Å². The van der Waals surface area contributed by atoms with Crippen LogP contribution in [0.25, 0.3) is 0 Å². The molecule has 3 nitrogen and oxygen atoms in total. The van der Waals surface area contributed by atoms with Crippen LogP contribution in [0.15, 0.2) is 29.2 Å². The lowest BCUT2D eigenvalue weighted by atomic mass is 9.95. The summed E-state index contributed by atoms with van der Waals surface area (Å²) >= 11 is 11.9. The molecule has 1 aliphatic rings. The number of nitrogens with zero attached hydrogens (tertiary/aromatic N) is 1. The molecule has 1 unspecified atom stereocenters. The van der Waals surface area contributed by atoms with Crippen LogP contribution in [0.1, 0.15) is 19.8 Å². The minimum atomic E-state index is -3.43. The third-order valence-corrected chi connectivity index (χ3v) is 6.07. The Morgan fingerprint density at radius 2 is 1.95 bits per heavy atom. The summed E-state index contributed by atoms with van der Waals surface area (Å²) in [6, 6.07) is 6.40. The van der Waals surface area contributed by atoms with Crippen molar-refractivity contribution in [2.45, 2.75) is 30.0 Å². The highest BCUT2D eigenvalue weighted by molar-refractivity contribution is 7.89. The molecule has 19 heavy (non-hydrogen) atoms. The summed E-state index contributed by atoms with van der Waals surface area (Å²) in [4.78, 5) is 0.261. The van der Waals surface area contributed by atoms with Gasteiger partial charge in [0.25, 0.3) is 0 Å². The van der Waals surface area contributed by atoms with Crippen LogP contribution in [0.4, 0.5) is 0 Å². The Hall–Kier alpha value is -0.290. The van der Waals surface area contributed by atoms with Crippen LogP contribution in [-0.2, 0) is 10.0 Å². The average Bonchev–Trinajstić information content (AvgIpc) is 2.39. The second-order valence-corrected chi connectivity index (χ2v) is 7.94. The Labute approximate surface area is 124 Å². The second kappa shape index (κ2) is 6.00. The van der Waals surface area contributed by atoms with Gasteiger partial charge in [-0.05, 0) is 43.9 Å². The van der Waals surface area contributed by atoms with E-state index >= 15 is 0 Å². The van der Waals surface area contributed by atoms with Gasteiger partial charge in [0.15, 0.2) is 0 Å². The molecule has 0 amide bonds. The highest BCUT2D eigenvalue weighted by Gasteiger charge is 2.30. The van der Waals surface area contributed by atoms with Crippen LogP contribution in [-0.4, -0.2) is 31.2 Å². The fourth-order valence-electron chi connectivity index (χ4n) is 2.35. The maximum absolute atomic E-state index is 12.5. The molecule has 0 N–H and O–H groups in total. The number of benzene rings is 1. The van der Waals surface area contributed by atoms with Crippen molar-refractivity contribution in [2.24, 2.45) is 5.92 Å². The minimum absolute atomic E-state index is 0.0935. The van der Waals surface area contributed by atoms with Gasteiger partial charge in [0.2, 0.25) is 10.0 Å². The van der Waals surface area contributed by atoms with Gasteiger partial charge in [-0.15, -0.1) is 11.6 Å². The van der Waals surface area contributed by atoms with E-state index in [-0.39, 0.29) is 10.3 Å². The zero-order valence-electron chi connectivity index (χ0n) is 10.7. The van der Waals surface area contributed by atoms with E-state index in [1.807, 2.05) is 6.92 Å². The number of halogens is 2. The predicted molar refractivity (Wildman–Crippen MR) is 78.2 cm³/mol. The molecule has 1 atom stereocenters. The van der Waals surface area contributed by atoms with Crippen molar-refractivity contribution in [3.8, 4) is 0 Å². The molecule has 0 aromatic heterocycles. The first kappa shape index (κ1) is 15.1. The Balaban J connectivity index is 2.14. The topological polar surface area (TPSA) is 37.4 Å². The zero-order valence-corrected chi connectivity index (χ0v) is 13.0. The quantitative estimate of drug-likeness (QED) is 0.800. The Morgan fingerprint density at radius 1 is 1.32 bits per heavy atom. The SMILES string of the molecule is CC(Cl)C1CCN(S(=O)(=O)c2cccc(Cl)c2)CC1. The van der Waals surface area contributed by atoms with Crippen LogP contribution in [0.3, 0.4) is 0 Å². The van der Waals surface area contributed by atoms with E-state index in [9.17, 15) is 8.42 Å². The maximum atomic E-state index is 12.5. The van der Waals surface area contributed by atoms with Crippen LogP contribution >= 0.6 is 23.2 Å². The van der Waals surface area contributed by atoms with E-state index in [1.54, 1.807) is 18.2 Å². The lowest BCUT2D eigenvalue weighted by Gasteiger charge is -2.32. The van der Waals surface area contributed by atoms with E-state index in [4.69, 9.17) is 23.2 Å². The molecule has 0 bridgehead atoms. The molecule has 6 heteroatoms. The summed E-state index contributed by atoms with van der Waals surface area (Å²) in [6.07, 6.45) is 1.62. The van der Waals surface area contributed by atoms with Gasteiger partial charge >= 0.3 is 0 Å². The van der Waals surface area contributed by atoms with E-state index in [0.717, 1.165) is 12.8 Å². The molecule has 1 aromatic rings. The van der Waals surface area contributed by atoms with Crippen molar-refractivity contribution in [1.29, 1.82) is 0 Å². The summed E-state index contributed by atoms with van der Waals surface area (Å²) < 4.78 is 26.4. The average molecular weight is 322 g/mol. The van der Waals surface area contributed by atoms with E-state index in [1.165, 1.54) is 10.4 Å². The molecule has 2 rings (SSSR count). The number of sulfonamides is 1. The smallest absolute Gasteiger partial charge is 0.207 e. The van der Waals surface area contributed by atoms with Crippen LogP contribution in [0.5, 0.6) is 0 Å². The first-order valence-corrected chi connectivity index (χ1v) is 8.56. The maximum Gasteiger partial charge on any atom is 0.243 e. The molecule has 0 spiro atoms. The largest absolute Gasteiger partial charge is 0.243 e. The van der Waals surface area contributed by atoms with Crippen molar-refractivity contribution < 1.29 is 8.42 Å². The molecule has 0 radical (unpaired) electrons. The van der Waals surface area contributed by atoms with Crippen LogP contribution in [0.2, 0.25) is 5.02 Å². The predicted octanol–water partition coefficient (Wildman–Crippen LogP) is 3.37. The molecular formula is C13H17Cl2NO2S. The number of rotatable bonds is 3. The second-order valence-electron chi connectivity index (χ2n) is 4.88. The van der Waals surface area contributed by atoms with Gasteiger partial charge in [-0.1, -0.05) is 17.7 Å². The standard InChI is InChI=1S/C13H17Cl2NO2S/c1-10(14)11-5-7-16(8-6-11)19(17,18)13-4-2-3-12(15)9-13/h2-4,9-11H,5-8H2,1H3. The lowest BCUT2D eigenvalue weighted by Crippen LogP contribution is -2.39. The van der Waals surface area contributed by atoms with Gasteiger partial charge in [-0.25, -0.2) is 8.42 Å². The molecule has 1 saturated heterocycles. The van der Waals surface area contributed by atoms with E-state index in [2.05, 4.69) is 0 Å². The van der Waals surface area contributed by atoms with Crippen molar-refractivity contribution in [3.63, 3.8) is 0 Å². The Bertz CT molecular complexity index is 537. The fourth-order valence-corrected chi connectivity index (χ4v) is 4.38. The normalized spacial score (nSPS) is 20.4. The lowest BCUT2D eigenvalue weighted by molar-refractivity contribution is 0.271. The molecule has 1 fully saturated rings. The van der Waals surface area contributed by atoms with Gasteiger partial charge in [0.1, 0.15) is 0 Å². The summed E-state index contributed by atoms with van der Waals surface area (Å²) in [5.41, 5.74) is 0. The first-order chi connectivity index (χ1) is 8.91. The fraction of sp³-hybridized carbons (Fsp3) is 0.538. The highest BCUT2D eigenvalue weighted by atomic mass is 35.5. The third-order valence-electron chi connectivity index (χ3n) is 3.58. The van der Waals surface area contributed by atoms with Gasteiger partial charge < -0.3 is 0 Å². The highest BCUT2D eigenvalue weighted by Crippen LogP contribution is 2.28. The summed E-state index contributed by atoms with van der Waals surface area (Å²) in [7, 11) is -3.43. The van der Waals surface area contributed by atoms with Crippen LogP contribution in [0, 0.1) is 5.92 Å². The van der Waals surface area contributed by atoms with Gasteiger partial charge in [-0.3, -0.25) is 0 Å². The minimum Gasteiger partial charge on any atom is -0.207 e. The number of hydrogen-bond acceptors (Lipinski definition) is 2. The van der Waals surface area contributed by atoms with Crippen molar-refractivity contribution in [3.05, 3.63) is 29.3 Å². The van der Waals surface area contributed by atoms with Gasteiger partial charge in [-0.2, -0.15) is 4.31 Å². The number of piperidine rings is 1. The van der Waals surface area contributed by atoms with Gasteiger partial charge in [0, 0.05) is 23.5 Å². The molecule has 1 aliphatic heterocycles. The molecule has 0 aliphatic carbocycles. The molecule has 1 heterocycles. The third kappa shape index (κ3) is 3.43. The molecule has 0 saturated carbocycles. The van der Waals surface area contributed by atoms with E-state index in [0.29, 0.717) is 24.0 Å². The summed E-state index contributed by atoms with van der Waals surface area (Å²) in [5, 5.41) is 0.529. The molecule has 1 aromatic carbocycles. The van der Waals surface area contributed by atoms with E-state index < -0.39 is 10.0 Å². The Morgan fingerprint density at radius 3 is 2.47 bits per heavy atom. The van der Waals surface area contributed by atoms with Crippen molar-refractivity contribution in [1.82, 2.24) is 4.31 Å². The number of hydrogen-bond donors (Lipinski definition) is 0. The monoisotopic (exact) mass is 321 g/mol. The summed E-state index contributed by atoms with van der Waals surface area (Å²) in [5.74, 6) is 0.396. The first-order valence-electron chi connectivity index (χ1n) is 6.31.